The predicted octanol–water partition coefficient (Wildman–Crippen LogP) is 0.181. The number of carbonyl (C=O) groups is 1. The van der Waals surface area contributed by atoms with Gasteiger partial charge in [0, 0.05) is 18.7 Å². The average molecular weight is 275 g/mol. The van der Waals surface area contributed by atoms with Gasteiger partial charge in [-0.3, -0.25) is 4.79 Å². The number of benzene rings is 1. The van der Waals surface area contributed by atoms with Crippen molar-refractivity contribution in [3.05, 3.63) is 30.3 Å². The second kappa shape index (κ2) is 6.76. The third-order valence-electron chi connectivity index (χ3n) is 2.87. The third kappa shape index (κ3) is 3.39. The highest BCUT2D eigenvalue weighted by molar-refractivity contribution is 5.75. The summed E-state index contributed by atoms with van der Waals surface area (Å²) in [6.45, 7) is 2.68. The van der Waals surface area contributed by atoms with Gasteiger partial charge in [-0.25, -0.2) is 0 Å². The van der Waals surface area contributed by atoms with Crippen molar-refractivity contribution < 1.29 is 9.90 Å². The first-order valence-electron chi connectivity index (χ1n) is 6.46. The molecule has 1 aromatic heterocycles. The van der Waals surface area contributed by atoms with Crippen LogP contribution in [0.15, 0.2) is 30.3 Å². The van der Waals surface area contributed by atoms with E-state index in [4.69, 9.17) is 5.11 Å². The van der Waals surface area contributed by atoms with E-state index in [1.165, 1.54) is 4.80 Å². The van der Waals surface area contributed by atoms with Crippen LogP contribution in [0.4, 0.5) is 0 Å². The highest BCUT2D eigenvalue weighted by Gasteiger charge is 2.14. The van der Waals surface area contributed by atoms with Crippen molar-refractivity contribution in [1.29, 1.82) is 0 Å². The molecule has 7 nitrogen and oxygen atoms in total. The van der Waals surface area contributed by atoms with Crippen molar-refractivity contribution in [3.63, 3.8) is 0 Å². The number of rotatable bonds is 6. The highest BCUT2D eigenvalue weighted by atomic mass is 16.3. The Balaban J connectivity index is 2.04. The molecule has 2 rings (SSSR count). The van der Waals surface area contributed by atoms with Crippen LogP contribution < -0.4 is 0 Å². The molecule has 0 aliphatic carbocycles. The summed E-state index contributed by atoms with van der Waals surface area (Å²) in [5.41, 5.74) is 0.855. The Hall–Kier alpha value is -2.28. The maximum atomic E-state index is 12.0. The van der Waals surface area contributed by atoms with Crippen molar-refractivity contribution in [1.82, 2.24) is 25.1 Å². The third-order valence-corrected chi connectivity index (χ3v) is 2.87. The number of nitrogens with zero attached hydrogens (tertiary/aromatic N) is 5. The van der Waals surface area contributed by atoms with Crippen LogP contribution in [0.2, 0.25) is 0 Å². The van der Waals surface area contributed by atoms with E-state index in [-0.39, 0.29) is 19.1 Å². The van der Waals surface area contributed by atoms with E-state index >= 15 is 0 Å². The lowest BCUT2D eigenvalue weighted by atomic mass is 10.2. The molecular formula is C13H17N5O2. The molecule has 0 saturated heterocycles. The van der Waals surface area contributed by atoms with Gasteiger partial charge < -0.3 is 10.0 Å². The van der Waals surface area contributed by atoms with Crippen LogP contribution in [0.25, 0.3) is 11.4 Å². The first-order chi connectivity index (χ1) is 9.74. The maximum absolute atomic E-state index is 12.0. The van der Waals surface area contributed by atoms with Gasteiger partial charge in [0.25, 0.3) is 0 Å². The molecule has 0 aliphatic heterocycles. The zero-order chi connectivity index (χ0) is 14.4. The standard InChI is InChI=1S/C13H17N5O2/c1-2-17(8-9-19)12(20)10-18-15-13(14-16-18)11-6-4-3-5-7-11/h3-7,19H,2,8-10H2,1H3. The molecule has 1 N–H and O–H groups in total. The summed E-state index contributed by atoms with van der Waals surface area (Å²) in [5.74, 6) is 0.349. The fraction of sp³-hybridized carbons (Fsp3) is 0.385. The summed E-state index contributed by atoms with van der Waals surface area (Å²) in [6.07, 6.45) is 0. The molecule has 7 heteroatoms. The smallest absolute Gasteiger partial charge is 0.246 e. The van der Waals surface area contributed by atoms with Crippen LogP contribution in [0.5, 0.6) is 0 Å². The Labute approximate surface area is 116 Å². The van der Waals surface area contributed by atoms with Gasteiger partial charge in [0.2, 0.25) is 11.7 Å². The summed E-state index contributed by atoms with van der Waals surface area (Å²) < 4.78 is 0. The number of aliphatic hydroxyl groups is 1. The molecule has 0 spiro atoms. The molecule has 0 unspecified atom stereocenters. The van der Waals surface area contributed by atoms with Gasteiger partial charge in [0.15, 0.2) is 0 Å². The molecule has 0 saturated carbocycles. The Kier molecular flexibility index (Phi) is 4.78. The number of aromatic nitrogens is 4. The molecule has 1 heterocycles. The summed E-state index contributed by atoms with van der Waals surface area (Å²) >= 11 is 0. The quantitative estimate of drug-likeness (QED) is 0.813. The number of carbonyl (C=O) groups excluding carboxylic acids is 1. The van der Waals surface area contributed by atoms with Gasteiger partial charge in [-0.2, -0.15) is 4.80 Å². The van der Waals surface area contributed by atoms with Crippen LogP contribution in [-0.2, 0) is 11.3 Å². The maximum Gasteiger partial charge on any atom is 0.246 e. The molecule has 0 aliphatic rings. The van der Waals surface area contributed by atoms with E-state index in [2.05, 4.69) is 15.4 Å². The fourth-order valence-electron chi connectivity index (χ4n) is 1.81. The van der Waals surface area contributed by atoms with Crippen molar-refractivity contribution in [2.24, 2.45) is 0 Å². The highest BCUT2D eigenvalue weighted by Crippen LogP contribution is 2.11. The zero-order valence-electron chi connectivity index (χ0n) is 11.3. The van der Waals surface area contributed by atoms with Gasteiger partial charge in [-0.1, -0.05) is 30.3 Å². The van der Waals surface area contributed by atoms with E-state index in [0.717, 1.165) is 5.56 Å². The summed E-state index contributed by atoms with van der Waals surface area (Å²) in [7, 11) is 0. The lowest BCUT2D eigenvalue weighted by Gasteiger charge is -2.18. The number of likely N-dealkylation sites (N-methyl/N-ethyl adjacent to an activating group) is 1. The molecule has 0 atom stereocenters. The Morgan fingerprint density at radius 1 is 1.35 bits per heavy atom. The van der Waals surface area contributed by atoms with E-state index < -0.39 is 0 Å². The first kappa shape index (κ1) is 14.1. The fourth-order valence-corrected chi connectivity index (χ4v) is 1.81. The van der Waals surface area contributed by atoms with E-state index in [0.29, 0.717) is 18.9 Å². The van der Waals surface area contributed by atoms with Crippen LogP contribution in [0, 0.1) is 0 Å². The van der Waals surface area contributed by atoms with Crippen molar-refractivity contribution in [3.8, 4) is 11.4 Å². The minimum Gasteiger partial charge on any atom is -0.395 e. The molecule has 1 aromatic carbocycles. The molecule has 0 radical (unpaired) electrons. The second-order valence-corrected chi connectivity index (χ2v) is 4.21. The van der Waals surface area contributed by atoms with Crippen molar-refractivity contribution in [2.75, 3.05) is 19.7 Å². The lowest BCUT2D eigenvalue weighted by Crippen LogP contribution is -2.36. The van der Waals surface area contributed by atoms with E-state index in [1.807, 2.05) is 37.3 Å². The molecule has 1 amide bonds. The van der Waals surface area contributed by atoms with E-state index in [9.17, 15) is 4.79 Å². The number of tetrazole rings is 1. The van der Waals surface area contributed by atoms with Gasteiger partial charge in [-0.05, 0) is 12.1 Å². The number of hydrogen-bond acceptors (Lipinski definition) is 5. The molecular weight excluding hydrogens is 258 g/mol. The monoisotopic (exact) mass is 275 g/mol. The first-order valence-corrected chi connectivity index (χ1v) is 6.46. The van der Waals surface area contributed by atoms with E-state index in [1.54, 1.807) is 4.90 Å². The van der Waals surface area contributed by atoms with Gasteiger partial charge >= 0.3 is 0 Å². The largest absolute Gasteiger partial charge is 0.395 e. The number of hydrogen-bond donors (Lipinski definition) is 1. The topological polar surface area (TPSA) is 84.1 Å². The normalized spacial score (nSPS) is 10.5. The van der Waals surface area contributed by atoms with Crippen LogP contribution in [0.3, 0.4) is 0 Å². The summed E-state index contributed by atoms with van der Waals surface area (Å²) in [5, 5.41) is 20.9. The minimum atomic E-state index is -0.140. The summed E-state index contributed by atoms with van der Waals surface area (Å²) in [6, 6.07) is 9.45. The predicted molar refractivity (Wildman–Crippen MR) is 72.6 cm³/mol. The van der Waals surface area contributed by atoms with Crippen molar-refractivity contribution >= 4 is 5.91 Å². The summed E-state index contributed by atoms with van der Waals surface area (Å²) in [4.78, 5) is 14.8. The molecule has 0 bridgehead atoms. The Bertz CT molecular complexity index is 555. The lowest BCUT2D eigenvalue weighted by molar-refractivity contribution is -0.132. The van der Waals surface area contributed by atoms with Crippen LogP contribution in [0.1, 0.15) is 6.92 Å². The van der Waals surface area contributed by atoms with Crippen LogP contribution >= 0.6 is 0 Å². The molecule has 0 fully saturated rings. The zero-order valence-corrected chi connectivity index (χ0v) is 11.3. The van der Waals surface area contributed by atoms with Gasteiger partial charge in [0.1, 0.15) is 6.54 Å². The van der Waals surface area contributed by atoms with Crippen molar-refractivity contribution in [2.45, 2.75) is 13.5 Å². The Morgan fingerprint density at radius 3 is 2.75 bits per heavy atom. The number of amides is 1. The molecule has 106 valence electrons. The van der Waals surface area contributed by atoms with Gasteiger partial charge in [0.05, 0.1) is 6.61 Å². The SMILES string of the molecule is CCN(CCO)C(=O)Cn1nnc(-c2ccccc2)n1. The van der Waals surface area contributed by atoms with Gasteiger partial charge in [-0.15, -0.1) is 10.2 Å². The Morgan fingerprint density at radius 2 is 2.10 bits per heavy atom. The minimum absolute atomic E-state index is 0.0215. The molecule has 2 aromatic rings. The van der Waals surface area contributed by atoms with Crippen LogP contribution in [-0.4, -0.2) is 55.8 Å². The molecule has 20 heavy (non-hydrogen) atoms. The average Bonchev–Trinajstić information content (AvgIpc) is 2.94. The number of aliphatic hydroxyl groups excluding tert-OH is 1. The second-order valence-electron chi connectivity index (χ2n) is 4.21.